The van der Waals surface area contributed by atoms with E-state index in [9.17, 15) is 9.90 Å². The van der Waals surface area contributed by atoms with Gasteiger partial charge in [0.1, 0.15) is 17.1 Å². The van der Waals surface area contributed by atoms with Crippen LogP contribution in [0, 0.1) is 0 Å². The molecule has 2 heterocycles. The maximum absolute atomic E-state index is 11.1. The second kappa shape index (κ2) is 4.58. The van der Waals surface area contributed by atoms with E-state index in [0.29, 0.717) is 17.1 Å². The number of phenols is 1. The number of benzene rings is 1. The maximum Gasteiger partial charge on any atom is 0.356 e. The molecule has 20 heavy (non-hydrogen) atoms. The van der Waals surface area contributed by atoms with Gasteiger partial charge in [0.15, 0.2) is 11.5 Å². The first-order valence-corrected chi connectivity index (χ1v) is 5.82. The summed E-state index contributed by atoms with van der Waals surface area (Å²) < 4.78 is 6.62. The third-order valence-electron chi connectivity index (χ3n) is 2.81. The van der Waals surface area contributed by atoms with Crippen LogP contribution in [0.25, 0.3) is 17.1 Å². The minimum atomic E-state index is -1.15. The van der Waals surface area contributed by atoms with Crippen molar-refractivity contribution in [3.05, 3.63) is 54.4 Å². The average Bonchev–Trinajstić information content (AvgIpc) is 3.08. The normalized spacial score (nSPS) is 10.6. The highest BCUT2D eigenvalue weighted by molar-refractivity contribution is 5.87. The van der Waals surface area contributed by atoms with Crippen LogP contribution >= 0.6 is 0 Å². The molecule has 1 aromatic carbocycles. The summed E-state index contributed by atoms with van der Waals surface area (Å²) in [7, 11) is 0. The molecule has 0 aliphatic heterocycles. The Kier molecular flexibility index (Phi) is 2.76. The molecule has 3 aromatic rings. The van der Waals surface area contributed by atoms with Crippen LogP contribution < -0.4 is 0 Å². The number of aromatic nitrogens is 2. The number of carbonyl (C=O) groups is 1. The second-order valence-electron chi connectivity index (χ2n) is 4.10. The van der Waals surface area contributed by atoms with Crippen molar-refractivity contribution in [2.24, 2.45) is 0 Å². The van der Waals surface area contributed by atoms with Crippen molar-refractivity contribution < 1.29 is 19.4 Å². The molecule has 0 saturated heterocycles. The van der Waals surface area contributed by atoms with E-state index in [-0.39, 0.29) is 11.4 Å². The first-order chi connectivity index (χ1) is 9.66. The number of para-hydroxylation sites is 2. The summed E-state index contributed by atoms with van der Waals surface area (Å²) in [4.78, 5) is 11.1. The molecule has 0 saturated carbocycles. The highest BCUT2D eigenvalue weighted by atomic mass is 16.4. The predicted molar refractivity (Wildman–Crippen MR) is 69.9 cm³/mol. The molecule has 0 radical (unpaired) electrons. The zero-order chi connectivity index (χ0) is 14.1. The molecule has 0 aliphatic carbocycles. The summed E-state index contributed by atoms with van der Waals surface area (Å²) in [6, 6.07) is 11.3. The van der Waals surface area contributed by atoms with Crippen LogP contribution in [0.5, 0.6) is 5.75 Å². The molecule has 0 amide bonds. The van der Waals surface area contributed by atoms with Crippen LogP contribution in [-0.2, 0) is 0 Å². The van der Waals surface area contributed by atoms with Crippen LogP contribution in [0.4, 0.5) is 0 Å². The van der Waals surface area contributed by atoms with Gasteiger partial charge in [0.05, 0.1) is 6.26 Å². The van der Waals surface area contributed by atoms with Crippen LogP contribution in [0.15, 0.2) is 53.1 Å². The van der Waals surface area contributed by atoms with E-state index in [1.807, 2.05) is 0 Å². The van der Waals surface area contributed by atoms with Crippen molar-refractivity contribution >= 4 is 5.97 Å². The lowest BCUT2D eigenvalue weighted by Gasteiger charge is -2.07. The molecule has 100 valence electrons. The molecule has 0 atom stereocenters. The Morgan fingerprint density at radius 3 is 2.65 bits per heavy atom. The maximum atomic E-state index is 11.1. The van der Waals surface area contributed by atoms with Gasteiger partial charge in [-0.1, -0.05) is 12.1 Å². The molecule has 6 heteroatoms. The Hall–Kier alpha value is -3.02. The Labute approximate surface area is 113 Å². The number of aromatic carboxylic acids is 1. The first-order valence-electron chi connectivity index (χ1n) is 5.82. The van der Waals surface area contributed by atoms with Crippen LogP contribution in [-0.4, -0.2) is 26.0 Å². The van der Waals surface area contributed by atoms with Gasteiger partial charge in [-0.3, -0.25) is 0 Å². The number of nitrogens with zero attached hydrogens (tertiary/aromatic N) is 2. The van der Waals surface area contributed by atoms with Gasteiger partial charge in [-0.25, -0.2) is 9.48 Å². The van der Waals surface area contributed by atoms with Crippen molar-refractivity contribution in [2.75, 3.05) is 0 Å². The summed E-state index contributed by atoms with van der Waals surface area (Å²) in [6.45, 7) is 0. The molecule has 0 unspecified atom stereocenters. The molecular formula is C14H10N2O4. The summed E-state index contributed by atoms with van der Waals surface area (Å²) in [6.07, 6.45) is 1.48. The van der Waals surface area contributed by atoms with E-state index in [2.05, 4.69) is 5.10 Å². The number of rotatable bonds is 3. The van der Waals surface area contributed by atoms with Gasteiger partial charge < -0.3 is 14.6 Å². The van der Waals surface area contributed by atoms with Crippen molar-refractivity contribution in [3.8, 4) is 22.9 Å². The highest BCUT2D eigenvalue weighted by Gasteiger charge is 2.18. The van der Waals surface area contributed by atoms with E-state index in [0.717, 1.165) is 0 Å². The molecule has 6 nitrogen and oxygen atoms in total. The highest BCUT2D eigenvalue weighted by Crippen LogP contribution is 2.28. The first kappa shape index (κ1) is 12.0. The lowest BCUT2D eigenvalue weighted by Crippen LogP contribution is -2.02. The van der Waals surface area contributed by atoms with E-state index < -0.39 is 5.97 Å². The van der Waals surface area contributed by atoms with Crippen molar-refractivity contribution in [1.82, 2.24) is 9.78 Å². The Balaban J connectivity index is 2.24. The number of carboxylic acids is 1. The minimum Gasteiger partial charge on any atom is -0.506 e. The topological polar surface area (TPSA) is 88.5 Å². The van der Waals surface area contributed by atoms with Gasteiger partial charge in [-0.15, -0.1) is 0 Å². The van der Waals surface area contributed by atoms with Crippen LogP contribution in [0.3, 0.4) is 0 Å². The van der Waals surface area contributed by atoms with E-state index in [1.165, 1.54) is 23.1 Å². The zero-order valence-electron chi connectivity index (χ0n) is 10.2. The predicted octanol–water partition coefficient (Wildman–Crippen LogP) is 2.54. The molecular weight excluding hydrogens is 260 g/mol. The average molecular weight is 270 g/mol. The number of carboxylic acid groups (broad SMARTS) is 1. The molecule has 2 N–H and O–H groups in total. The van der Waals surface area contributed by atoms with Gasteiger partial charge >= 0.3 is 5.97 Å². The summed E-state index contributed by atoms with van der Waals surface area (Å²) in [5.74, 6) is -0.680. The summed E-state index contributed by atoms with van der Waals surface area (Å²) in [5.41, 5.74) is 0.708. The fraction of sp³-hybridized carbons (Fsp3) is 0. The minimum absolute atomic E-state index is 0.000319. The fourth-order valence-corrected chi connectivity index (χ4v) is 1.91. The molecule has 0 bridgehead atoms. The van der Waals surface area contributed by atoms with Crippen molar-refractivity contribution in [2.45, 2.75) is 0 Å². The third-order valence-corrected chi connectivity index (χ3v) is 2.81. The van der Waals surface area contributed by atoms with Gasteiger partial charge in [0.2, 0.25) is 0 Å². The molecule has 0 aliphatic rings. The smallest absolute Gasteiger partial charge is 0.356 e. The largest absolute Gasteiger partial charge is 0.506 e. The number of phenolic OH excluding ortho intramolecular Hbond substituents is 1. The quantitative estimate of drug-likeness (QED) is 0.763. The molecule has 3 rings (SSSR count). The number of hydrogen-bond donors (Lipinski definition) is 2. The Morgan fingerprint density at radius 1 is 1.20 bits per heavy atom. The fourth-order valence-electron chi connectivity index (χ4n) is 1.91. The zero-order valence-corrected chi connectivity index (χ0v) is 10.2. The summed E-state index contributed by atoms with van der Waals surface area (Å²) in [5, 5.41) is 23.0. The van der Waals surface area contributed by atoms with E-state index in [4.69, 9.17) is 9.52 Å². The number of furan rings is 1. The lowest BCUT2D eigenvalue weighted by molar-refractivity contribution is 0.0690. The lowest BCUT2D eigenvalue weighted by atomic mass is 10.2. The van der Waals surface area contributed by atoms with Crippen LogP contribution in [0.1, 0.15) is 10.5 Å². The molecule has 0 spiro atoms. The van der Waals surface area contributed by atoms with Crippen molar-refractivity contribution in [3.63, 3.8) is 0 Å². The number of hydrogen-bond acceptors (Lipinski definition) is 4. The van der Waals surface area contributed by atoms with Gasteiger partial charge in [-0.2, -0.15) is 5.10 Å². The Morgan fingerprint density at radius 2 is 2.00 bits per heavy atom. The third kappa shape index (κ3) is 1.93. The van der Waals surface area contributed by atoms with Gasteiger partial charge in [0, 0.05) is 6.07 Å². The SMILES string of the molecule is O=C(O)c1cc(-c2ccco2)n(-c2ccccc2O)n1. The second-order valence-corrected chi connectivity index (χ2v) is 4.10. The molecule has 2 aromatic heterocycles. The van der Waals surface area contributed by atoms with E-state index in [1.54, 1.807) is 30.3 Å². The van der Waals surface area contributed by atoms with Gasteiger partial charge in [0.25, 0.3) is 0 Å². The summed E-state index contributed by atoms with van der Waals surface area (Å²) >= 11 is 0. The number of aromatic hydroxyl groups is 1. The molecule has 0 fully saturated rings. The standard InChI is InChI=1S/C14H10N2O4/c17-12-5-2-1-4-10(12)16-11(13-6-3-7-20-13)8-9(15-16)14(18)19/h1-8,17H,(H,18,19). The van der Waals surface area contributed by atoms with Crippen LogP contribution in [0.2, 0.25) is 0 Å². The van der Waals surface area contributed by atoms with Crippen molar-refractivity contribution in [1.29, 1.82) is 0 Å². The van der Waals surface area contributed by atoms with Gasteiger partial charge in [-0.05, 0) is 24.3 Å². The van der Waals surface area contributed by atoms with E-state index >= 15 is 0 Å². The monoisotopic (exact) mass is 270 g/mol. The Bertz CT molecular complexity index is 759.